The highest BCUT2D eigenvalue weighted by molar-refractivity contribution is 6.31. The van der Waals surface area contributed by atoms with Crippen molar-refractivity contribution in [3.8, 4) is 5.75 Å². The average molecular weight is 303 g/mol. The molecule has 0 atom stereocenters. The summed E-state index contributed by atoms with van der Waals surface area (Å²) < 4.78 is 0. The van der Waals surface area contributed by atoms with Crippen molar-refractivity contribution >= 4 is 17.3 Å². The Morgan fingerprint density at radius 2 is 1.57 bits per heavy atom. The number of aromatic hydroxyl groups is 1. The molecule has 0 aliphatic carbocycles. The Morgan fingerprint density at radius 1 is 0.905 bits per heavy atom. The number of hydrogen-bond donors (Lipinski definition) is 1. The second-order valence-corrected chi connectivity index (χ2v) is 5.75. The molecule has 1 aliphatic heterocycles. The number of phenols is 1. The van der Waals surface area contributed by atoms with Gasteiger partial charge in [-0.1, -0.05) is 41.9 Å². The molecular weight excluding hydrogens is 284 g/mol. The van der Waals surface area contributed by atoms with E-state index < -0.39 is 0 Å². The maximum absolute atomic E-state index is 9.93. The smallest absolute Gasteiger partial charge is 0.138 e. The number of rotatable bonds is 3. The summed E-state index contributed by atoms with van der Waals surface area (Å²) in [5.74, 6) is 0.358. The van der Waals surface area contributed by atoms with Crippen molar-refractivity contribution in [2.24, 2.45) is 0 Å². The van der Waals surface area contributed by atoms with Crippen molar-refractivity contribution in [1.29, 1.82) is 0 Å². The highest BCUT2D eigenvalue weighted by atomic mass is 35.5. The van der Waals surface area contributed by atoms with Gasteiger partial charge in [-0.25, -0.2) is 0 Å². The topological polar surface area (TPSA) is 26.7 Å². The minimum atomic E-state index is 0.358. The number of anilines is 1. The highest BCUT2D eigenvalue weighted by Crippen LogP contribution is 2.27. The summed E-state index contributed by atoms with van der Waals surface area (Å²) >= 11 is 6.22. The summed E-state index contributed by atoms with van der Waals surface area (Å²) in [5.41, 5.74) is 2.10. The molecule has 1 fully saturated rings. The minimum absolute atomic E-state index is 0.358. The second-order valence-electron chi connectivity index (χ2n) is 5.34. The molecule has 0 unspecified atom stereocenters. The lowest BCUT2D eigenvalue weighted by atomic mass is 10.2. The molecule has 4 heteroatoms. The molecule has 0 amide bonds. The van der Waals surface area contributed by atoms with Crippen molar-refractivity contribution in [2.45, 2.75) is 6.54 Å². The Labute approximate surface area is 130 Å². The Balaban J connectivity index is 1.61. The van der Waals surface area contributed by atoms with E-state index in [1.807, 2.05) is 36.4 Å². The molecule has 0 aromatic heterocycles. The van der Waals surface area contributed by atoms with Crippen LogP contribution in [-0.2, 0) is 6.54 Å². The van der Waals surface area contributed by atoms with E-state index in [4.69, 9.17) is 11.6 Å². The first kappa shape index (κ1) is 14.2. The average Bonchev–Trinajstić information content (AvgIpc) is 2.51. The number of para-hydroxylation sites is 2. The van der Waals surface area contributed by atoms with E-state index >= 15 is 0 Å². The van der Waals surface area contributed by atoms with Crippen LogP contribution in [0.3, 0.4) is 0 Å². The maximum atomic E-state index is 9.93. The third-order valence-corrected chi connectivity index (χ3v) is 4.32. The highest BCUT2D eigenvalue weighted by Gasteiger charge is 2.19. The van der Waals surface area contributed by atoms with Crippen LogP contribution in [0, 0.1) is 0 Å². The van der Waals surface area contributed by atoms with E-state index in [0.717, 1.165) is 43.4 Å². The first-order valence-electron chi connectivity index (χ1n) is 7.23. The minimum Gasteiger partial charge on any atom is -0.506 e. The molecule has 21 heavy (non-hydrogen) atoms. The number of piperazine rings is 1. The van der Waals surface area contributed by atoms with Crippen LogP contribution < -0.4 is 4.90 Å². The molecule has 0 spiro atoms. The van der Waals surface area contributed by atoms with E-state index in [1.165, 1.54) is 5.56 Å². The van der Waals surface area contributed by atoms with Crippen molar-refractivity contribution in [3.05, 3.63) is 59.1 Å². The SMILES string of the molecule is Oc1ccccc1N1CCN(Cc2ccccc2Cl)CC1. The zero-order valence-electron chi connectivity index (χ0n) is 11.9. The predicted molar refractivity (Wildman–Crippen MR) is 87.0 cm³/mol. The molecule has 110 valence electrons. The molecular formula is C17H19ClN2O. The van der Waals surface area contributed by atoms with Gasteiger partial charge < -0.3 is 10.0 Å². The Bertz CT molecular complexity index is 609. The van der Waals surface area contributed by atoms with Crippen molar-refractivity contribution in [2.75, 3.05) is 31.1 Å². The fourth-order valence-corrected chi connectivity index (χ4v) is 2.94. The normalized spacial score (nSPS) is 16.1. The largest absolute Gasteiger partial charge is 0.506 e. The van der Waals surface area contributed by atoms with Crippen LogP contribution in [0.5, 0.6) is 5.75 Å². The zero-order valence-corrected chi connectivity index (χ0v) is 12.6. The Hall–Kier alpha value is -1.71. The molecule has 0 radical (unpaired) electrons. The molecule has 1 aliphatic rings. The molecule has 0 bridgehead atoms. The van der Waals surface area contributed by atoms with Gasteiger partial charge in [-0.15, -0.1) is 0 Å². The fraction of sp³-hybridized carbons (Fsp3) is 0.294. The van der Waals surface area contributed by atoms with Crippen LogP contribution in [-0.4, -0.2) is 36.2 Å². The predicted octanol–water partition coefficient (Wildman–Crippen LogP) is 3.37. The van der Waals surface area contributed by atoms with E-state index in [2.05, 4.69) is 15.9 Å². The second kappa shape index (κ2) is 6.37. The number of phenolic OH excluding ortho intramolecular Hbond substituents is 1. The summed E-state index contributed by atoms with van der Waals surface area (Å²) in [7, 11) is 0. The number of nitrogens with zero attached hydrogens (tertiary/aromatic N) is 2. The van der Waals surface area contributed by atoms with Crippen LogP contribution in [0.15, 0.2) is 48.5 Å². The van der Waals surface area contributed by atoms with E-state index in [0.29, 0.717) is 5.75 Å². The summed E-state index contributed by atoms with van der Waals surface area (Å²) in [6, 6.07) is 15.5. The van der Waals surface area contributed by atoms with Gasteiger partial charge in [0.2, 0.25) is 0 Å². The molecule has 1 N–H and O–H groups in total. The van der Waals surface area contributed by atoms with E-state index in [9.17, 15) is 5.11 Å². The molecule has 3 nitrogen and oxygen atoms in total. The summed E-state index contributed by atoms with van der Waals surface area (Å²) in [4.78, 5) is 4.64. The first-order valence-corrected chi connectivity index (χ1v) is 7.60. The third-order valence-electron chi connectivity index (χ3n) is 3.95. The number of halogens is 1. The van der Waals surface area contributed by atoms with Crippen LogP contribution in [0.1, 0.15) is 5.56 Å². The van der Waals surface area contributed by atoms with Crippen molar-refractivity contribution < 1.29 is 5.11 Å². The first-order chi connectivity index (χ1) is 10.2. The van der Waals surface area contributed by atoms with Crippen molar-refractivity contribution in [1.82, 2.24) is 4.90 Å². The molecule has 2 aromatic rings. The standard InChI is InChI=1S/C17H19ClN2O/c18-15-6-2-1-5-14(15)13-19-9-11-20(12-10-19)16-7-3-4-8-17(16)21/h1-8,21H,9-13H2. The van der Waals surface area contributed by atoms with Gasteiger partial charge in [-0.2, -0.15) is 0 Å². The van der Waals surface area contributed by atoms with Crippen LogP contribution in [0.4, 0.5) is 5.69 Å². The Morgan fingerprint density at radius 3 is 2.29 bits per heavy atom. The lowest BCUT2D eigenvalue weighted by Gasteiger charge is -2.36. The summed E-state index contributed by atoms with van der Waals surface area (Å²) in [5, 5.41) is 10.8. The fourth-order valence-electron chi connectivity index (χ4n) is 2.75. The van der Waals surface area contributed by atoms with Gasteiger partial charge in [0, 0.05) is 37.7 Å². The summed E-state index contributed by atoms with van der Waals surface area (Å²) in [6.07, 6.45) is 0. The van der Waals surface area contributed by atoms with Gasteiger partial charge >= 0.3 is 0 Å². The lowest BCUT2D eigenvalue weighted by Crippen LogP contribution is -2.46. The Kier molecular flexibility index (Phi) is 4.32. The summed E-state index contributed by atoms with van der Waals surface area (Å²) in [6.45, 7) is 4.66. The van der Waals surface area contributed by atoms with E-state index in [1.54, 1.807) is 6.07 Å². The van der Waals surface area contributed by atoms with Gasteiger partial charge in [0.15, 0.2) is 0 Å². The lowest BCUT2D eigenvalue weighted by molar-refractivity contribution is 0.249. The van der Waals surface area contributed by atoms with Gasteiger partial charge in [0.25, 0.3) is 0 Å². The van der Waals surface area contributed by atoms with Gasteiger partial charge in [0.1, 0.15) is 5.75 Å². The molecule has 1 saturated heterocycles. The zero-order chi connectivity index (χ0) is 14.7. The number of benzene rings is 2. The molecule has 1 heterocycles. The maximum Gasteiger partial charge on any atom is 0.138 e. The quantitative estimate of drug-likeness (QED) is 0.942. The number of hydrogen-bond acceptors (Lipinski definition) is 3. The van der Waals surface area contributed by atoms with Crippen LogP contribution in [0.2, 0.25) is 5.02 Å². The molecule has 3 rings (SSSR count). The van der Waals surface area contributed by atoms with E-state index in [-0.39, 0.29) is 0 Å². The van der Waals surface area contributed by atoms with Gasteiger partial charge in [-0.3, -0.25) is 4.90 Å². The van der Waals surface area contributed by atoms with Crippen molar-refractivity contribution in [3.63, 3.8) is 0 Å². The third kappa shape index (κ3) is 3.31. The molecule has 2 aromatic carbocycles. The monoisotopic (exact) mass is 302 g/mol. The van der Waals surface area contributed by atoms with Gasteiger partial charge in [-0.05, 0) is 23.8 Å². The van der Waals surface area contributed by atoms with Crippen LogP contribution >= 0.6 is 11.6 Å². The molecule has 0 saturated carbocycles. The van der Waals surface area contributed by atoms with Crippen LogP contribution in [0.25, 0.3) is 0 Å². The van der Waals surface area contributed by atoms with Gasteiger partial charge in [0.05, 0.1) is 5.69 Å².